The van der Waals surface area contributed by atoms with E-state index in [4.69, 9.17) is 16.1 Å². The molecule has 0 spiro atoms. The molecule has 25 heavy (non-hydrogen) atoms. The lowest BCUT2D eigenvalue weighted by Gasteiger charge is -2.33. The molecule has 0 saturated carbocycles. The first-order valence-electron chi connectivity index (χ1n) is 8.69. The summed E-state index contributed by atoms with van der Waals surface area (Å²) in [5, 5.41) is 4.72. The highest BCUT2D eigenvalue weighted by Gasteiger charge is 2.30. The Hall–Kier alpha value is -1.88. The van der Waals surface area contributed by atoms with Crippen molar-refractivity contribution < 1.29 is 9.32 Å². The molecule has 1 aromatic carbocycles. The third-order valence-electron chi connectivity index (χ3n) is 4.33. The summed E-state index contributed by atoms with van der Waals surface area (Å²) in [5.74, 6) is 1.43. The number of aromatic nitrogens is 2. The fourth-order valence-corrected chi connectivity index (χ4v) is 3.31. The zero-order valence-electron chi connectivity index (χ0n) is 15.0. The van der Waals surface area contributed by atoms with Crippen LogP contribution in [0.25, 0.3) is 11.4 Å². The maximum atomic E-state index is 12.5. The number of piperidine rings is 1. The van der Waals surface area contributed by atoms with Crippen molar-refractivity contribution in [1.29, 1.82) is 0 Å². The second kappa shape index (κ2) is 7.16. The Balaban J connectivity index is 1.71. The zero-order chi connectivity index (χ0) is 18.0. The highest BCUT2D eigenvalue weighted by Crippen LogP contribution is 2.29. The van der Waals surface area contributed by atoms with Crippen LogP contribution in [-0.4, -0.2) is 34.0 Å². The van der Waals surface area contributed by atoms with Crippen molar-refractivity contribution >= 4 is 17.5 Å². The number of hydrogen-bond acceptors (Lipinski definition) is 4. The Labute approximate surface area is 153 Å². The van der Waals surface area contributed by atoms with Gasteiger partial charge in [-0.3, -0.25) is 4.79 Å². The van der Waals surface area contributed by atoms with E-state index in [1.165, 1.54) is 0 Å². The molecule has 1 amide bonds. The second-order valence-electron chi connectivity index (χ2n) is 7.88. The number of nitrogens with zero attached hydrogens (tertiary/aromatic N) is 3. The van der Waals surface area contributed by atoms with Gasteiger partial charge in [0.2, 0.25) is 17.6 Å². The van der Waals surface area contributed by atoms with E-state index in [0.29, 0.717) is 29.7 Å². The van der Waals surface area contributed by atoms with Gasteiger partial charge in [0.1, 0.15) is 0 Å². The van der Waals surface area contributed by atoms with E-state index in [-0.39, 0.29) is 17.2 Å². The van der Waals surface area contributed by atoms with Crippen LogP contribution in [0.15, 0.2) is 28.8 Å². The highest BCUT2D eigenvalue weighted by atomic mass is 35.5. The monoisotopic (exact) mass is 361 g/mol. The Bertz CT molecular complexity index is 751. The van der Waals surface area contributed by atoms with Crippen molar-refractivity contribution in [3.05, 3.63) is 35.2 Å². The van der Waals surface area contributed by atoms with Gasteiger partial charge in [-0.25, -0.2) is 0 Å². The van der Waals surface area contributed by atoms with E-state index < -0.39 is 0 Å². The van der Waals surface area contributed by atoms with E-state index in [1.54, 1.807) is 0 Å². The minimum atomic E-state index is -0.00569. The van der Waals surface area contributed by atoms with Gasteiger partial charge in [0.25, 0.3) is 0 Å². The Morgan fingerprint density at radius 3 is 2.92 bits per heavy atom. The first kappa shape index (κ1) is 17.9. The van der Waals surface area contributed by atoms with Crippen LogP contribution in [0.4, 0.5) is 0 Å². The average Bonchev–Trinajstić information content (AvgIpc) is 3.03. The molecule has 1 aliphatic rings. The number of likely N-dealkylation sites (tertiary alicyclic amines) is 1. The number of carbonyl (C=O) groups excluding carboxylic acids is 1. The number of carbonyl (C=O) groups is 1. The summed E-state index contributed by atoms with van der Waals surface area (Å²) in [4.78, 5) is 19.0. The standard InChI is InChI=1S/C19H24ClN3O2/c1-19(2,3)11-16(24)23-9-5-7-14(12-23)18-21-17(22-25-18)13-6-4-8-15(20)10-13/h4,6,8,10,14H,5,7,9,11-12H2,1-3H3. The normalized spacial score (nSPS) is 18.4. The lowest BCUT2D eigenvalue weighted by atomic mass is 9.90. The van der Waals surface area contributed by atoms with E-state index in [0.717, 1.165) is 24.9 Å². The molecule has 6 heteroatoms. The molecule has 0 aliphatic carbocycles. The van der Waals surface area contributed by atoms with E-state index >= 15 is 0 Å². The summed E-state index contributed by atoms with van der Waals surface area (Å²) in [6.45, 7) is 7.71. The van der Waals surface area contributed by atoms with E-state index in [9.17, 15) is 4.79 Å². The van der Waals surface area contributed by atoms with Gasteiger partial charge >= 0.3 is 0 Å². The van der Waals surface area contributed by atoms with E-state index in [2.05, 4.69) is 30.9 Å². The van der Waals surface area contributed by atoms with Gasteiger partial charge in [0, 0.05) is 30.1 Å². The van der Waals surface area contributed by atoms with Crippen molar-refractivity contribution in [2.24, 2.45) is 5.41 Å². The highest BCUT2D eigenvalue weighted by molar-refractivity contribution is 6.30. The fourth-order valence-electron chi connectivity index (χ4n) is 3.12. The number of benzene rings is 1. The van der Waals surface area contributed by atoms with Crippen LogP contribution in [0.1, 0.15) is 51.8 Å². The predicted molar refractivity (Wildman–Crippen MR) is 97.4 cm³/mol. The second-order valence-corrected chi connectivity index (χ2v) is 8.32. The molecular formula is C19H24ClN3O2. The number of rotatable bonds is 3. The topological polar surface area (TPSA) is 59.2 Å². The zero-order valence-corrected chi connectivity index (χ0v) is 15.7. The molecule has 5 nitrogen and oxygen atoms in total. The molecule has 1 fully saturated rings. The summed E-state index contributed by atoms with van der Waals surface area (Å²) in [7, 11) is 0. The number of halogens is 1. The summed E-state index contributed by atoms with van der Waals surface area (Å²) in [5.41, 5.74) is 0.827. The third-order valence-corrected chi connectivity index (χ3v) is 4.56. The van der Waals surface area contributed by atoms with Crippen LogP contribution in [0.3, 0.4) is 0 Å². The molecule has 1 unspecified atom stereocenters. The van der Waals surface area contributed by atoms with E-state index in [1.807, 2.05) is 29.2 Å². The minimum Gasteiger partial charge on any atom is -0.342 e. The fraction of sp³-hybridized carbons (Fsp3) is 0.526. The molecule has 1 aliphatic heterocycles. The smallest absolute Gasteiger partial charge is 0.231 e. The predicted octanol–water partition coefficient (Wildman–Crippen LogP) is 4.53. The van der Waals surface area contributed by atoms with Gasteiger partial charge in [-0.05, 0) is 30.4 Å². The molecule has 1 aromatic heterocycles. The first-order valence-corrected chi connectivity index (χ1v) is 9.07. The summed E-state index contributed by atoms with van der Waals surface area (Å²) >= 11 is 6.03. The van der Waals surface area contributed by atoms with Gasteiger partial charge < -0.3 is 9.42 Å². The third kappa shape index (κ3) is 4.60. The molecule has 0 radical (unpaired) electrons. The van der Waals surface area contributed by atoms with Crippen molar-refractivity contribution in [2.45, 2.75) is 46.0 Å². The lowest BCUT2D eigenvalue weighted by Crippen LogP contribution is -2.40. The summed E-state index contributed by atoms with van der Waals surface area (Å²) in [6.07, 6.45) is 2.46. The van der Waals surface area contributed by atoms with Crippen LogP contribution in [0, 0.1) is 5.41 Å². The summed E-state index contributed by atoms with van der Waals surface area (Å²) < 4.78 is 5.49. The van der Waals surface area contributed by atoms with Gasteiger partial charge in [-0.1, -0.05) is 49.7 Å². The molecule has 1 atom stereocenters. The van der Waals surface area contributed by atoms with Gasteiger partial charge in [0.05, 0.1) is 5.92 Å². The molecule has 0 N–H and O–H groups in total. The summed E-state index contributed by atoms with van der Waals surface area (Å²) in [6, 6.07) is 7.39. The van der Waals surface area contributed by atoms with Crippen LogP contribution >= 0.6 is 11.6 Å². The molecule has 2 aromatic rings. The van der Waals surface area contributed by atoms with Crippen LogP contribution in [-0.2, 0) is 4.79 Å². The van der Waals surface area contributed by atoms with Crippen molar-refractivity contribution in [2.75, 3.05) is 13.1 Å². The SMILES string of the molecule is CC(C)(C)CC(=O)N1CCCC(c2nc(-c3cccc(Cl)c3)no2)C1. The molecule has 134 valence electrons. The maximum Gasteiger partial charge on any atom is 0.231 e. The Kier molecular flexibility index (Phi) is 5.13. The molecule has 2 heterocycles. The lowest BCUT2D eigenvalue weighted by molar-refractivity contribution is -0.134. The Morgan fingerprint density at radius 1 is 1.40 bits per heavy atom. The van der Waals surface area contributed by atoms with Crippen LogP contribution in [0.5, 0.6) is 0 Å². The van der Waals surface area contributed by atoms with Gasteiger partial charge in [-0.2, -0.15) is 4.98 Å². The van der Waals surface area contributed by atoms with Crippen molar-refractivity contribution in [1.82, 2.24) is 15.0 Å². The molecular weight excluding hydrogens is 338 g/mol. The quantitative estimate of drug-likeness (QED) is 0.805. The van der Waals surface area contributed by atoms with Crippen LogP contribution < -0.4 is 0 Å². The van der Waals surface area contributed by atoms with Crippen LogP contribution in [0.2, 0.25) is 5.02 Å². The van der Waals surface area contributed by atoms with Crippen molar-refractivity contribution in [3.8, 4) is 11.4 Å². The average molecular weight is 362 g/mol. The number of amides is 1. The first-order chi connectivity index (χ1) is 11.8. The minimum absolute atomic E-state index is 0.00569. The van der Waals surface area contributed by atoms with Crippen molar-refractivity contribution in [3.63, 3.8) is 0 Å². The number of hydrogen-bond donors (Lipinski definition) is 0. The molecule has 3 rings (SSSR count). The molecule has 0 bridgehead atoms. The Morgan fingerprint density at radius 2 is 2.20 bits per heavy atom. The maximum absolute atomic E-state index is 12.5. The molecule has 1 saturated heterocycles. The largest absolute Gasteiger partial charge is 0.342 e. The van der Waals surface area contributed by atoms with Gasteiger partial charge in [-0.15, -0.1) is 0 Å². The van der Waals surface area contributed by atoms with Gasteiger partial charge in [0.15, 0.2) is 0 Å².